The summed E-state index contributed by atoms with van der Waals surface area (Å²) in [6.07, 6.45) is 8.99. The summed E-state index contributed by atoms with van der Waals surface area (Å²) in [5.41, 5.74) is 7.25. The lowest BCUT2D eigenvalue weighted by molar-refractivity contribution is 0.441. The van der Waals surface area contributed by atoms with Crippen LogP contribution < -0.4 is 5.73 Å². The highest BCUT2D eigenvalue weighted by Crippen LogP contribution is 2.39. The van der Waals surface area contributed by atoms with Gasteiger partial charge in [0.1, 0.15) is 0 Å². The average molecular weight is 179 g/mol. The summed E-state index contributed by atoms with van der Waals surface area (Å²) in [7, 11) is 2.01. The molecule has 1 aromatic rings. The molecule has 13 heavy (non-hydrogen) atoms. The van der Waals surface area contributed by atoms with E-state index in [0.29, 0.717) is 0 Å². The molecule has 0 bridgehead atoms. The summed E-state index contributed by atoms with van der Waals surface area (Å²) in [6.45, 7) is 0.740. The third-order valence-electron chi connectivity index (χ3n) is 3.20. The van der Waals surface area contributed by atoms with Crippen LogP contribution in [0.1, 0.15) is 31.4 Å². The molecule has 1 aliphatic rings. The number of hydrogen-bond acceptors (Lipinski definition) is 2. The first-order chi connectivity index (χ1) is 6.27. The van der Waals surface area contributed by atoms with E-state index in [1.54, 1.807) is 0 Å². The molecule has 0 saturated heterocycles. The van der Waals surface area contributed by atoms with Gasteiger partial charge in [-0.15, -0.1) is 0 Å². The predicted octanol–water partition coefficient (Wildman–Crippen LogP) is 1.19. The highest BCUT2D eigenvalue weighted by molar-refractivity contribution is 5.16. The zero-order valence-corrected chi connectivity index (χ0v) is 8.16. The fraction of sp³-hybridized carbons (Fsp3) is 0.700. The molecule has 72 valence electrons. The van der Waals surface area contributed by atoms with Crippen molar-refractivity contribution in [3.05, 3.63) is 18.2 Å². The Labute approximate surface area is 79.0 Å². The van der Waals surface area contributed by atoms with E-state index in [2.05, 4.69) is 11.2 Å². The van der Waals surface area contributed by atoms with Crippen molar-refractivity contribution in [2.75, 3.05) is 6.54 Å². The van der Waals surface area contributed by atoms with Gasteiger partial charge in [0.05, 0.1) is 12.0 Å². The van der Waals surface area contributed by atoms with Crippen molar-refractivity contribution >= 4 is 0 Å². The van der Waals surface area contributed by atoms with Crippen molar-refractivity contribution in [1.82, 2.24) is 9.55 Å². The van der Waals surface area contributed by atoms with E-state index in [9.17, 15) is 0 Å². The van der Waals surface area contributed by atoms with Crippen LogP contribution in [0, 0.1) is 0 Å². The van der Waals surface area contributed by atoms with Gasteiger partial charge in [-0.05, 0) is 12.8 Å². The fourth-order valence-corrected chi connectivity index (χ4v) is 2.30. The topological polar surface area (TPSA) is 43.8 Å². The van der Waals surface area contributed by atoms with E-state index in [0.717, 1.165) is 6.54 Å². The molecular formula is C10H17N3. The zero-order chi connectivity index (χ0) is 9.31. The van der Waals surface area contributed by atoms with E-state index in [4.69, 9.17) is 5.73 Å². The molecule has 1 saturated carbocycles. The van der Waals surface area contributed by atoms with Gasteiger partial charge in [0, 0.05) is 25.2 Å². The van der Waals surface area contributed by atoms with Gasteiger partial charge < -0.3 is 10.3 Å². The van der Waals surface area contributed by atoms with Crippen LogP contribution in [0.3, 0.4) is 0 Å². The summed E-state index contributed by atoms with van der Waals surface area (Å²) in [5, 5.41) is 0. The van der Waals surface area contributed by atoms with Gasteiger partial charge in [-0.1, -0.05) is 12.8 Å². The number of nitrogens with two attached hydrogens (primary N) is 1. The molecule has 0 aromatic carbocycles. The van der Waals surface area contributed by atoms with Gasteiger partial charge >= 0.3 is 0 Å². The van der Waals surface area contributed by atoms with E-state index in [1.807, 2.05) is 17.9 Å². The van der Waals surface area contributed by atoms with E-state index in [-0.39, 0.29) is 5.41 Å². The minimum Gasteiger partial charge on any atom is -0.340 e. The highest BCUT2D eigenvalue weighted by Gasteiger charge is 2.35. The molecule has 3 nitrogen and oxygen atoms in total. The van der Waals surface area contributed by atoms with E-state index in [1.165, 1.54) is 31.4 Å². The van der Waals surface area contributed by atoms with E-state index < -0.39 is 0 Å². The van der Waals surface area contributed by atoms with Gasteiger partial charge in [-0.2, -0.15) is 0 Å². The van der Waals surface area contributed by atoms with Crippen LogP contribution in [0.15, 0.2) is 12.5 Å². The number of imidazole rings is 1. The summed E-state index contributed by atoms with van der Waals surface area (Å²) in [5.74, 6) is 0. The maximum absolute atomic E-state index is 5.86. The molecule has 0 unspecified atom stereocenters. The normalized spacial score (nSPS) is 20.8. The van der Waals surface area contributed by atoms with Crippen LogP contribution in [0.2, 0.25) is 0 Å². The Morgan fingerprint density at radius 3 is 2.69 bits per heavy atom. The number of hydrogen-bond donors (Lipinski definition) is 1. The Morgan fingerprint density at radius 2 is 2.23 bits per heavy atom. The minimum atomic E-state index is 0.196. The third kappa shape index (κ3) is 1.37. The van der Waals surface area contributed by atoms with Crippen LogP contribution in [0.4, 0.5) is 0 Å². The Balaban J connectivity index is 2.30. The van der Waals surface area contributed by atoms with E-state index >= 15 is 0 Å². The molecule has 1 aromatic heterocycles. The van der Waals surface area contributed by atoms with Crippen molar-refractivity contribution in [2.45, 2.75) is 31.1 Å². The number of nitrogens with zero attached hydrogens (tertiary/aromatic N) is 2. The molecule has 1 heterocycles. The van der Waals surface area contributed by atoms with Crippen molar-refractivity contribution in [1.29, 1.82) is 0 Å². The molecular weight excluding hydrogens is 162 g/mol. The van der Waals surface area contributed by atoms with Crippen LogP contribution in [0.25, 0.3) is 0 Å². The van der Waals surface area contributed by atoms with Gasteiger partial charge in [0.15, 0.2) is 0 Å². The Morgan fingerprint density at radius 1 is 1.54 bits per heavy atom. The molecule has 1 fully saturated rings. The second-order valence-electron chi connectivity index (χ2n) is 4.12. The maximum Gasteiger partial charge on any atom is 0.0947 e. The lowest BCUT2D eigenvalue weighted by atomic mass is 9.83. The first kappa shape index (κ1) is 8.75. The molecule has 0 atom stereocenters. The SMILES string of the molecule is Cn1cnc(C2(CN)CCCC2)c1. The van der Waals surface area contributed by atoms with Gasteiger partial charge in [0.2, 0.25) is 0 Å². The predicted molar refractivity (Wildman–Crippen MR) is 52.4 cm³/mol. The summed E-state index contributed by atoms with van der Waals surface area (Å²) in [4.78, 5) is 4.42. The van der Waals surface area contributed by atoms with Crippen molar-refractivity contribution in [3.63, 3.8) is 0 Å². The van der Waals surface area contributed by atoms with Crippen LogP contribution >= 0.6 is 0 Å². The van der Waals surface area contributed by atoms with Crippen molar-refractivity contribution < 1.29 is 0 Å². The first-order valence-electron chi connectivity index (χ1n) is 4.95. The summed E-state index contributed by atoms with van der Waals surface area (Å²) < 4.78 is 2.01. The van der Waals surface area contributed by atoms with Crippen LogP contribution in [0.5, 0.6) is 0 Å². The Kier molecular flexibility index (Phi) is 2.12. The fourth-order valence-electron chi connectivity index (χ4n) is 2.30. The lowest BCUT2D eigenvalue weighted by Crippen LogP contribution is -2.32. The zero-order valence-electron chi connectivity index (χ0n) is 8.16. The molecule has 2 N–H and O–H groups in total. The lowest BCUT2D eigenvalue weighted by Gasteiger charge is -2.24. The minimum absolute atomic E-state index is 0.196. The maximum atomic E-state index is 5.86. The second kappa shape index (κ2) is 3.14. The third-order valence-corrected chi connectivity index (χ3v) is 3.20. The monoisotopic (exact) mass is 179 g/mol. The quantitative estimate of drug-likeness (QED) is 0.741. The largest absolute Gasteiger partial charge is 0.340 e. The van der Waals surface area contributed by atoms with Gasteiger partial charge in [-0.3, -0.25) is 0 Å². The van der Waals surface area contributed by atoms with Crippen LogP contribution in [-0.2, 0) is 12.5 Å². The van der Waals surface area contributed by atoms with Gasteiger partial charge in [0.25, 0.3) is 0 Å². The van der Waals surface area contributed by atoms with Gasteiger partial charge in [-0.25, -0.2) is 4.98 Å². The molecule has 2 rings (SSSR count). The summed E-state index contributed by atoms with van der Waals surface area (Å²) >= 11 is 0. The average Bonchev–Trinajstić information content (AvgIpc) is 2.73. The molecule has 0 aliphatic heterocycles. The van der Waals surface area contributed by atoms with Crippen molar-refractivity contribution in [3.8, 4) is 0 Å². The Hall–Kier alpha value is -0.830. The second-order valence-corrected chi connectivity index (χ2v) is 4.12. The smallest absolute Gasteiger partial charge is 0.0947 e. The molecule has 0 spiro atoms. The number of aryl methyl sites for hydroxylation is 1. The van der Waals surface area contributed by atoms with Crippen molar-refractivity contribution in [2.24, 2.45) is 12.8 Å². The Bertz CT molecular complexity index is 284. The first-order valence-corrected chi connectivity index (χ1v) is 4.95. The standard InChI is InChI=1S/C10H17N3/c1-13-6-9(12-8-13)10(7-11)4-2-3-5-10/h6,8H,2-5,7,11H2,1H3. The molecule has 3 heteroatoms. The summed E-state index contributed by atoms with van der Waals surface area (Å²) in [6, 6.07) is 0. The highest BCUT2D eigenvalue weighted by atomic mass is 15.0. The number of rotatable bonds is 2. The van der Waals surface area contributed by atoms with Crippen LogP contribution in [-0.4, -0.2) is 16.1 Å². The molecule has 0 amide bonds. The molecule has 0 radical (unpaired) electrons. The number of aromatic nitrogens is 2. The molecule has 1 aliphatic carbocycles.